The number of nitrogens with zero attached hydrogens (tertiary/aromatic N) is 3. The van der Waals surface area contributed by atoms with Crippen molar-refractivity contribution in [2.75, 3.05) is 5.32 Å². The highest BCUT2D eigenvalue weighted by Crippen LogP contribution is 2.42. The van der Waals surface area contributed by atoms with Crippen molar-refractivity contribution in [2.45, 2.75) is 51.8 Å². The molecule has 0 spiro atoms. The number of fused-ring (bicyclic) bond motifs is 1. The lowest BCUT2D eigenvalue weighted by molar-refractivity contribution is 0.144. The minimum absolute atomic E-state index is 0.150. The fraction of sp³-hybridized carbons (Fsp3) is 0.381. The Morgan fingerprint density at radius 2 is 1.87 bits per heavy atom. The summed E-state index contributed by atoms with van der Waals surface area (Å²) in [7, 11) is 0. The fourth-order valence-electron chi connectivity index (χ4n) is 3.55. The van der Waals surface area contributed by atoms with E-state index >= 15 is 0 Å². The highest BCUT2D eigenvalue weighted by molar-refractivity contribution is 5.90. The highest BCUT2D eigenvalue weighted by atomic mass is 19.3. The first-order valence-electron chi connectivity index (χ1n) is 9.54. The number of alkyl halides is 2. The molecule has 3 aromatic rings. The van der Waals surface area contributed by atoms with Crippen LogP contribution in [-0.4, -0.2) is 19.6 Å². The van der Waals surface area contributed by atoms with Crippen molar-refractivity contribution in [3.05, 3.63) is 63.1 Å². The Morgan fingerprint density at radius 3 is 2.50 bits per heavy atom. The number of hydrogen-bond donors (Lipinski definition) is 2. The van der Waals surface area contributed by atoms with Gasteiger partial charge in [-0.1, -0.05) is 18.2 Å². The number of rotatable bonds is 5. The highest BCUT2D eigenvalue weighted by Gasteiger charge is 2.40. The molecule has 4 rings (SSSR count). The number of benzene rings is 1. The molecular weight excluding hydrogens is 397 g/mol. The molecule has 1 aliphatic rings. The molecule has 2 N–H and O–H groups in total. The quantitative estimate of drug-likeness (QED) is 0.610. The molecule has 0 unspecified atom stereocenters. The van der Waals surface area contributed by atoms with E-state index in [9.17, 15) is 23.1 Å². The van der Waals surface area contributed by atoms with Crippen molar-refractivity contribution in [3.8, 4) is 0 Å². The minimum atomic E-state index is -3.00. The van der Waals surface area contributed by atoms with Gasteiger partial charge < -0.3 is 15.0 Å². The number of aliphatic hydroxyl groups is 1. The summed E-state index contributed by atoms with van der Waals surface area (Å²) in [6.45, 7) is 5.27. The van der Waals surface area contributed by atoms with E-state index in [1.165, 1.54) is 12.1 Å². The Hall–Kier alpha value is -2.94. The van der Waals surface area contributed by atoms with Gasteiger partial charge in [-0.15, -0.1) is 0 Å². The van der Waals surface area contributed by atoms with Gasteiger partial charge in [0.25, 0.3) is 12.0 Å². The first-order valence-corrected chi connectivity index (χ1v) is 9.54. The zero-order valence-electron chi connectivity index (χ0n) is 16.7. The van der Waals surface area contributed by atoms with Crippen molar-refractivity contribution >= 4 is 16.7 Å². The monoisotopic (exact) mass is 418 g/mol. The molecule has 30 heavy (non-hydrogen) atoms. The van der Waals surface area contributed by atoms with Crippen molar-refractivity contribution in [2.24, 2.45) is 0 Å². The van der Waals surface area contributed by atoms with Gasteiger partial charge in [0.2, 0.25) is 0 Å². The molecule has 1 saturated carbocycles. The van der Waals surface area contributed by atoms with Crippen LogP contribution in [0.15, 0.2) is 29.2 Å². The van der Waals surface area contributed by atoms with Crippen molar-refractivity contribution < 1.29 is 18.3 Å². The third-order valence-electron chi connectivity index (χ3n) is 5.63. The normalized spacial score (nSPS) is 16.1. The van der Waals surface area contributed by atoms with Crippen molar-refractivity contribution in [1.29, 1.82) is 0 Å². The molecule has 0 saturated heterocycles. The molecule has 0 bridgehead atoms. The van der Waals surface area contributed by atoms with Crippen LogP contribution in [0, 0.1) is 19.7 Å². The average molecular weight is 418 g/mol. The summed E-state index contributed by atoms with van der Waals surface area (Å²) in [5, 5.41) is 13.7. The van der Waals surface area contributed by atoms with E-state index in [4.69, 9.17) is 0 Å². The zero-order chi connectivity index (χ0) is 21.8. The second kappa shape index (κ2) is 7.09. The summed E-state index contributed by atoms with van der Waals surface area (Å²) in [5.74, 6) is -0.647. The molecule has 0 radical (unpaired) electrons. The second-order valence-electron chi connectivity index (χ2n) is 7.91. The Labute approximate surface area is 170 Å². The first-order chi connectivity index (χ1) is 14.1. The van der Waals surface area contributed by atoms with Crippen LogP contribution in [-0.2, 0) is 5.54 Å². The first kappa shape index (κ1) is 20.3. The molecule has 9 heteroatoms. The Balaban J connectivity index is 1.82. The molecule has 0 aliphatic heterocycles. The standard InChI is InChI=1S/C21H21F3N4O2/c1-10-16-14(9-28(20(10)30)21(3)7-8-21)18(26-11(2)25-16)27-19(29)13-6-4-5-12(15(13)22)17(23)24/h4-6,9,17,19,29H,7-8H2,1-3H3,(H,25,26,27)/t19-/m1/s1. The second-order valence-corrected chi connectivity index (χ2v) is 7.91. The zero-order valence-corrected chi connectivity index (χ0v) is 16.7. The SMILES string of the molecule is Cc1nc(N[C@H](O)c2cccc(C(F)F)c2F)c2cn(C3(C)CC3)c(=O)c(C)c2n1. The van der Waals surface area contributed by atoms with E-state index in [0.717, 1.165) is 18.9 Å². The van der Waals surface area contributed by atoms with Gasteiger partial charge in [-0.05, 0) is 33.6 Å². The molecule has 1 aromatic carbocycles. The topological polar surface area (TPSA) is 80.0 Å². The van der Waals surface area contributed by atoms with Crippen LogP contribution < -0.4 is 10.9 Å². The number of nitrogens with one attached hydrogen (secondary N) is 1. The van der Waals surface area contributed by atoms with E-state index in [0.29, 0.717) is 22.3 Å². The van der Waals surface area contributed by atoms with Gasteiger partial charge in [0, 0.05) is 22.9 Å². The molecule has 1 fully saturated rings. The number of pyridine rings is 1. The van der Waals surface area contributed by atoms with Crippen LogP contribution in [0.25, 0.3) is 10.9 Å². The van der Waals surface area contributed by atoms with Crippen molar-refractivity contribution in [3.63, 3.8) is 0 Å². The molecule has 158 valence electrons. The number of hydrogen-bond acceptors (Lipinski definition) is 5. The number of aromatic nitrogens is 3. The summed E-state index contributed by atoms with van der Waals surface area (Å²) < 4.78 is 42.1. The van der Waals surface area contributed by atoms with Crippen LogP contribution in [0.5, 0.6) is 0 Å². The van der Waals surface area contributed by atoms with E-state index < -0.39 is 24.0 Å². The maximum Gasteiger partial charge on any atom is 0.266 e. The number of aliphatic hydroxyl groups excluding tert-OH is 1. The Bertz CT molecular complexity index is 1210. The van der Waals surface area contributed by atoms with Crippen LogP contribution in [0.1, 0.15) is 54.9 Å². The number of halogens is 3. The predicted molar refractivity (Wildman–Crippen MR) is 106 cm³/mol. The fourth-order valence-corrected chi connectivity index (χ4v) is 3.55. The lowest BCUT2D eigenvalue weighted by atomic mass is 10.1. The van der Waals surface area contributed by atoms with Crippen LogP contribution in [0.3, 0.4) is 0 Å². The summed E-state index contributed by atoms with van der Waals surface area (Å²) in [6.07, 6.45) is -1.27. The van der Waals surface area contributed by atoms with E-state index in [1.54, 1.807) is 24.6 Å². The lowest BCUT2D eigenvalue weighted by Crippen LogP contribution is -2.30. The third kappa shape index (κ3) is 3.32. The summed E-state index contributed by atoms with van der Waals surface area (Å²) in [6, 6.07) is 3.45. The van der Waals surface area contributed by atoms with Crippen LogP contribution >= 0.6 is 0 Å². The van der Waals surface area contributed by atoms with Gasteiger partial charge in [0.1, 0.15) is 17.5 Å². The average Bonchev–Trinajstić information content (AvgIpc) is 3.43. The van der Waals surface area contributed by atoms with Gasteiger partial charge in [0.15, 0.2) is 6.23 Å². The predicted octanol–water partition coefficient (Wildman–Crippen LogP) is 4.10. The molecular formula is C21H21F3N4O2. The third-order valence-corrected chi connectivity index (χ3v) is 5.63. The summed E-state index contributed by atoms with van der Waals surface area (Å²) in [4.78, 5) is 21.4. The Kier molecular flexibility index (Phi) is 4.80. The summed E-state index contributed by atoms with van der Waals surface area (Å²) in [5.41, 5.74) is -0.684. The number of aryl methyl sites for hydroxylation is 2. The van der Waals surface area contributed by atoms with Crippen LogP contribution in [0.4, 0.5) is 19.0 Å². The molecule has 1 aliphatic carbocycles. The molecule has 1 atom stereocenters. The molecule has 2 heterocycles. The van der Waals surface area contributed by atoms with Gasteiger partial charge in [0.05, 0.1) is 16.5 Å². The largest absolute Gasteiger partial charge is 0.369 e. The molecule has 2 aromatic heterocycles. The van der Waals surface area contributed by atoms with Crippen molar-refractivity contribution in [1.82, 2.24) is 14.5 Å². The molecule has 0 amide bonds. The van der Waals surface area contributed by atoms with Gasteiger partial charge in [-0.25, -0.2) is 23.1 Å². The number of anilines is 1. The van der Waals surface area contributed by atoms with Gasteiger partial charge >= 0.3 is 0 Å². The van der Waals surface area contributed by atoms with Gasteiger partial charge in [-0.2, -0.15) is 0 Å². The molecule has 6 nitrogen and oxygen atoms in total. The smallest absolute Gasteiger partial charge is 0.266 e. The Morgan fingerprint density at radius 1 is 1.20 bits per heavy atom. The van der Waals surface area contributed by atoms with Gasteiger partial charge in [-0.3, -0.25) is 4.79 Å². The minimum Gasteiger partial charge on any atom is -0.369 e. The lowest BCUT2D eigenvalue weighted by Gasteiger charge is -2.20. The van der Waals surface area contributed by atoms with Crippen LogP contribution in [0.2, 0.25) is 0 Å². The van der Waals surface area contributed by atoms with E-state index in [-0.39, 0.29) is 22.5 Å². The van der Waals surface area contributed by atoms with E-state index in [1.807, 2.05) is 6.92 Å². The summed E-state index contributed by atoms with van der Waals surface area (Å²) >= 11 is 0. The maximum atomic E-state index is 14.5. The maximum absolute atomic E-state index is 14.5. The van der Waals surface area contributed by atoms with E-state index in [2.05, 4.69) is 15.3 Å².